The molecule has 0 aliphatic heterocycles. The summed E-state index contributed by atoms with van der Waals surface area (Å²) in [5.74, 6) is -10.2. The van der Waals surface area contributed by atoms with Crippen LogP contribution in [0.1, 0.15) is 47.0 Å². The van der Waals surface area contributed by atoms with Gasteiger partial charge in [0, 0.05) is 6.42 Å². The highest BCUT2D eigenvalue weighted by Crippen LogP contribution is 2.06. The van der Waals surface area contributed by atoms with Crippen LogP contribution >= 0.6 is 0 Å². The Morgan fingerprint density at radius 2 is 1.12 bits per heavy atom. The number of carbonyl (C=O) groups excluding carboxylic acids is 8. The molecule has 0 aromatic rings. The minimum atomic E-state index is -1.76. The number of hydrogen-bond donors (Lipinski definition) is 13. The Kier molecular flexibility index (Phi) is 19.0. The van der Waals surface area contributed by atoms with Gasteiger partial charge in [-0.05, 0) is 26.2 Å². The lowest BCUT2D eigenvalue weighted by Gasteiger charge is -2.29. The maximum absolute atomic E-state index is 13.1. The predicted octanol–water partition coefficient (Wildman–Crippen LogP) is -7.51. The minimum absolute atomic E-state index is 0.0975. The standard InChI is InChI=1S/C27H47N9O13/c1-10(2)19(34-22(43)13(28)5-6-16(29)40)25(46)36-21(12(4)39)26(47)35-20(11(3)38)24(45)31-8-18(42)32-15(9-37)23(44)33-14(27(48)49)7-17(30)41/h10-15,19-21,37-39H,5-9,28H2,1-4H3,(H2,29,40)(H2,30,41)(H,31,45)(H,32,42)(H,33,44)(H,34,43)(H,35,47)(H,36,46)(H,48,49)/t11-,12-,13+,14+,15+,19+,20+,21+/m1/s1. The highest BCUT2D eigenvalue weighted by atomic mass is 16.4. The molecular formula is C27H47N9O13. The van der Waals surface area contributed by atoms with Crippen molar-refractivity contribution < 1.29 is 63.6 Å². The molecule has 49 heavy (non-hydrogen) atoms. The maximum Gasteiger partial charge on any atom is 0.326 e. The van der Waals surface area contributed by atoms with E-state index < -0.39 is 127 Å². The maximum atomic E-state index is 13.1. The van der Waals surface area contributed by atoms with Gasteiger partial charge in [-0.25, -0.2) is 4.79 Å². The first-order valence-corrected chi connectivity index (χ1v) is 14.9. The van der Waals surface area contributed by atoms with Crippen LogP contribution in [0.2, 0.25) is 0 Å². The topological polar surface area (TPSA) is 385 Å². The second kappa shape index (κ2) is 21.1. The summed E-state index contributed by atoms with van der Waals surface area (Å²) in [6, 6.07) is -9.40. The molecule has 22 nitrogen and oxygen atoms in total. The van der Waals surface area contributed by atoms with Gasteiger partial charge in [0.25, 0.3) is 0 Å². The highest BCUT2D eigenvalue weighted by molar-refractivity contribution is 5.97. The molecule has 0 aromatic carbocycles. The fourth-order valence-electron chi connectivity index (χ4n) is 3.91. The zero-order valence-corrected chi connectivity index (χ0v) is 27.4. The van der Waals surface area contributed by atoms with Gasteiger partial charge in [-0.2, -0.15) is 0 Å². The van der Waals surface area contributed by atoms with Crippen LogP contribution in [0.25, 0.3) is 0 Å². The van der Waals surface area contributed by atoms with Crippen LogP contribution in [0.5, 0.6) is 0 Å². The lowest BCUT2D eigenvalue weighted by molar-refractivity contribution is -0.144. The van der Waals surface area contributed by atoms with E-state index in [4.69, 9.17) is 22.3 Å². The van der Waals surface area contributed by atoms with Crippen LogP contribution in [0, 0.1) is 5.92 Å². The number of aliphatic hydroxyl groups excluding tert-OH is 3. The Labute approximate surface area is 280 Å². The van der Waals surface area contributed by atoms with Crippen molar-refractivity contribution in [2.45, 2.75) is 95.4 Å². The number of nitrogens with one attached hydrogen (secondary N) is 6. The Morgan fingerprint density at radius 1 is 0.633 bits per heavy atom. The number of primary amides is 2. The van der Waals surface area contributed by atoms with Gasteiger partial charge in [-0.15, -0.1) is 0 Å². The molecule has 0 aliphatic rings. The van der Waals surface area contributed by atoms with Crippen molar-refractivity contribution in [1.82, 2.24) is 31.9 Å². The molecule has 0 unspecified atom stereocenters. The zero-order valence-electron chi connectivity index (χ0n) is 27.4. The summed E-state index contributed by atoms with van der Waals surface area (Å²) in [5.41, 5.74) is 15.7. The van der Waals surface area contributed by atoms with Crippen molar-refractivity contribution in [1.29, 1.82) is 0 Å². The fourth-order valence-corrected chi connectivity index (χ4v) is 3.91. The molecule has 0 aliphatic carbocycles. The third-order valence-corrected chi connectivity index (χ3v) is 6.69. The summed E-state index contributed by atoms with van der Waals surface area (Å²) in [7, 11) is 0. The molecule has 22 heteroatoms. The molecule has 0 saturated carbocycles. The molecule has 0 spiro atoms. The number of hydrogen-bond acceptors (Lipinski definition) is 13. The number of aliphatic carboxylic acids is 1. The molecule has 8 atom stereocenters. The van der Waals surface area contributed by atoms with Crippen molar-refractivity contribution >= 4 is 53.2 Å². The SMILES string of the molecule is CC(C)[C@H](NC(=O)[C@@H](N)CCC(N)=O)C(=O)N[C@H](C(=O)N[C@H](C(=O)NCC(=O)N[C@@H](CO)C(=O)N[C@@H](CC(N)=O)C(=O)O)[C@@H](C)O)[C@@H](C)O. The molecule has 16 N–H and O–H groups in total. The second-order valence-electron chi connectivity index (χ2n) is 11.4. The Balaban J connectivity index is 5.49. The van der Waals surface area contributed by atoms with E-state index in [9.17, 15) is 58.5 Å². The van der Waals surface area contributed by atoms with E-state index in [1.165, 1.54) is 0 Å². The molecule has 0 bridgehead atoms. The van der Waals surface area contributed by atoms with E-state index in [1.807, 2.05) is 10.6 Å². The Bertz CT molecular complexity index is 1230. The van der Waals surface area contributed by atoms with Crippen molar-refractivity contribution in [2.75, 3.05) is 13.2 Å². The minimum Gasteiger partial charge on any atom is -0.480 e. The summed E-state index contributed by atoms with van der Waals surface area (Å²) in [6.07, 6.45) is -4.23. The van der Waals surface area contributed by atoms with E-state index in [-0.39, 0.29) is 12.8 Å². The number of carboxylic acid groups (broad SMARTS) is 1. The summed E-state index contributed by atoms with van der Waals surface area (Å²) >= 11 is 0. The quantitative estimate of drug-likeness (QED) is 0.0498. The largest absolute Gasteiger partial charge is 0.480 e. The van der Waals surface area contributed by atoms with Crippen LogP contribution < -0.4 is 49.1 Å². The molecular weight excluding hydrogens is 658 g/mol. The van der Waals surface area contributed by atoms with Gasteiger partial charge in [-0.1, -0.05) is 13.8 Å². The van der Waals surface area contributed by atoms with Crippen LogP contribution in [0.15, 0.2) is 0 Å². The van der Waals surface area contributed by atoms with Crippen LogP contribution in [0.4, 0.5) is 0 Å². The normalized spacial score (nSPS) is 15.9. The van der Waals surface area contributed by atoms with Gasteiger partial charge < -0.3 is 69.5 Å². The number of carboxylic acids is 1. The first kappa shape index (κ1) is 44.1. The Morgan fingerprint density at radius 3 is 1.55 bits per heavy atom. The lowest BCUT2D eigenvalue weighted by Crippen LogP contribution is -2.62. The molecule has 8 amide bonds. The third kappa shape index (κ3) is 16.1. The molecule has 0 fully saturated rings. The number of nitrogens with two attached hydrogens (primary N) is 3. The Hall–Kier alpha value is -4.93. The molecule has 0 aromatic heterocycles. The van der Waals surface area contributed by atoms with Crippen LogP contribution in [-0.2, 0) is 43.2 Å². The monoisotopic (exact) mass is 705 g/mol. The fraction of sp³-hybridized carbons (Fsp3) is 0.667. The van der Waals surface area contributed by atoms with Crippen molar-refractivity contribution in [2.24, 2.45) is 23.1 Å². The summed E-state index contributed by atoms with van der Waals surface area (Å²) in [4.78, 5) is 109. The van der Waals surface area contributed by atoms with Gasteiger partial charge >= 0.3 is 5.97 Å². The molecule has 0 rings (SSSR count). The first-order chi connectivity index (χ1) is 22.6. The number of amides is 8. The van der Waals surface area contributed by atoms with E-state index in [2.05, 4.69) is 21.3 Å². The van der Waals surface area contributed by atoms with Crippen molar-refractivity contribution in [3.63, 3.8) is 0 Å². The van der Waals surface area contributed by atoms with Gasteiger partial charge in [0.15, 0.2) is 0 Å². The van der Waals surface area contributed by atoms with Gasteiger partial charge in [0.05, 0.1) is 37.8 Å². The predicted molar refractivity (Wildman–Crippen MR) is 166 cm³/mol. The third-order valence-electron chi connectivity index (χ3n) is 6.69. The van der Waals surface area contributed by atoms with Crippen LogP contribution in [-0.4, -0.2) is 135 Å². The van der Waals surface area contributed by atoms with Crippen LogP contribution in [0.3, 0.4) is 0 Å². The highest BCUT2D eigenvalue weighted by Gasteiger charge is 2.35. The van der Waals surface area contributed by atoms with E-state index in [1.54, 1.807) is 13.8 Å². The van der Waals surface area contributed by atoms with Crippen molar-refractivity contribution in [3.8, 4) is 0 Å². The first-order valence-electron chi connectivity index (χ1n) is 14.9. The number of aliphatic hydroxyl groups is 3. The average Bonchev–Trinajstić information content (AvgIpc) is 2.99. The van der Waals surface area contributed by atoms with Crippen molar-refractivity contribution in [3.05, 3.63) is 0 Å². The smallest absolute Gasteiger partial charge is 0.326 e. The molecule has 278 valence electrons. The number of rotatable bonds is 22. The van der Waals surface area contributed by atoms with Gasteiger partial charge in [-0.3, -0.25) is 38.4 Å². The molecule has 0 radical (unpaired) electrons. The lowest BCUT2D eigenvalue weighted by atomic mass is 10.0. The van der Waals surface area contributed by atoms with Gasteiger partial charge in [0.2, 0.25) is 47.3 Å². The van der Waals surface area contributed by atoms with Gasteiger partial charge in [0.1, 0.15) is 30.2 Å². The van der Waals surface area contributed by atoms with E-state index in [0.717, 1.165) is 13.8 Å². The second-order valence-corrected chi connectivity index (χ2v) is 11.4. The summed E-state index contributed by atoms with van der Waals surface area (Å²) < 4.78 is 0. The van der Waals surface area contributed by atoms with E-state index >= 15 is 0 Å². The molecule has 0 heterocycles. The molecule has 0 saturated heterocycles. The summed E-state index contributed by atoms with van der Waals surface area (Å²) in [6.45, 7) is 3.47. The average molecular weight is 706 g/mol. The zero-order chi connectivity index (χ0) is 38.2. The summed E-state index contributed by atoms with van der Waals surface area (Å²) in [5, 5.41) is 51.8. The number of carbonyl (C=O) groups is 9. The van der Waals surface area contributed by atoms with E-state index in [0.29, 0.717) is 0 Å².